The first kappa shape index (κ1) is 27.2. The van der Waals surface area contributed by atoms with Gasteiger partial charge < -0.3 is 24.3 Å². The summed E-state index contributed by atoms with van der Waals surface area (Å²) in [7, 11) is 3.92. The molecule has 0 saturated carbocycles. The zero-order chi connectivity index (χ0) is 23.7. The number of hydrogen-bond donors (Lipinski definition) is 1. The predicted octanol–water partition coefficient (Wildman–Crippen LogP) is 3.97. The van der Waals surface area contributed by atoms with Gasteiger partial charge in [0, 0.05) is 36.1 Å². The first-order valence-electron chi connectivity index (χ1n) is 10.8. The maximum Gasteiger partial charge on any atom is 0.513 e. The molecule has 0 bridgehead atoms. The summed E-state index contributed by atoms with van der Waals surface area (Å²) in [5.41, 5.74) is -0.0998. The molecule has 1 unspecified atom stereocenters. The van der Waals surface area contributed by atoms with Crippen LogP contribution in [0.4, 0.5) is 10.5 Å². The average molecular weight is 503 g/mol. The third kappa shape index (κ3) is 12.7. The van der Waals surface area contributed by atoms with Crippen LogP contribution in [0.15, 0.2) is 24.3 Å². The molecule has 1 aliphatic rings. The lowest BCUT2D eigenvalue weighted by atomic mass is 10.1. The molecule has 1 N–H and O–H groups in total. The van der Waals surface area contributed by atoms with E-state index in [0.717, 1.165) is 18.1 Å². The number of hydrogen-bond acceptors (Lipinski definition) is 10. The maximum atomic E-state index is 11.8. The van der Waals surface area contributed by atoms with Crippen molar-refractivity contribution >= 4 is 39.3 Å². The number of nitro groups is 1. The van der Waals surface area contributed by atoms with Crippen LogP contribution in [-0.4, -0.2) is 67.6 Å². The Kier molecular flexibility index (Phi) is 13.7. The van der Waals surface area contributed by atoms with Gasteiger partial charge in [0.1, 0.15) is 12.4 Å². The third-order valence-corrected chi connectivity index (χ3v) is 7.55. The monoisotopic (exact) mass is 502 g/mol. The highest BCUT2D eigenvalue weighted by atomic mass is 33.1. The summed E-state index contributed by atoms with van der Waals surface area (Å²) in [6.07, 6.45) is 4.13. The second-order valence-electron chi connectivity index (χ2n) is 7.10. The van der Waals surface area contributed by atoms with Crippen molar-refractivity contribution in [3.05, 3.63) is 34.4 Å². The molecule has 2 rings (SSSR count). The molecule has 33 heavy (non-hydrogen) atoms. The Hall–Kier alpha value is -2.02. The van der Waals surface area contributed by atoms with Crippen LogP contribution in [0.1, 0.15) is 32.1 Å². The van der Waals surface area contributed by atoms with E-state index in [1.54, 1.807) is 0 Å². The van der Waals surface area contributed by atoms with Gasteiger partial charge in [-0.3, -0.25) is 14.9 Å². The Morgan fingerprint density at radius 3 is 2.48 bits per heavy atom. The van der Waals surface area contributed by atoms with E-state index in [9.17, 15) is 19.7 Å². The van der Waals surface area contributed by atoms with Crippen molar-refractivity contribution in [3.63, 3.8) is 0 Å². The molecule has 0 aliphatic carbocycles. The summed E-state index contributed by atoms with van der Waals surface area (Å²) >= 11 is 0. The van der Waals surface area contributed by atoms with Crippen molar-refractivity contribution in [2.24, 2.45) is 0 Å². The minimum atomic E-state index is -0.920. The number of carbonyl (C=O) groups excluding carboxylic acids is 2. The number of amides is 1. The third-order valence-electron chi connectivity index (χ3n) is 4.54. The molecule has 1 saturated heterocycles. The fourth-order valence-electron chi connectivity index (χ4n) is 2.84. The van der Waals surface area contributed by atoms with E-state index in [1.807, 2.05) is 21.6 Å². The number of carbonyl (C=O) groups is 2. The van der Waals surface area contributed by atoms with Crippen molar-refractivity contribution in [1.29, 1.82) is 0 Å². The average Bonchev–Trinajstić information content (AvgIpc) is 3.32. The second kappa shape index (κ2) is 16.6. The van der Waals surface area contributed by atoms with Gasteiger partial charge >= 0.3 is 6.16 Å². The zero-order valence-electron chi connectivity index (χ0n) is 18.4. The number of ether oxygens (including phenoxy) is 4. The smallest absolute Gasteiger partial charge is 0.432 e. The number of nitrogens with zero attached hydrogens (tertiary/aromatic N) is 1. The van der Waals surface area contributed by atoms with Crippen LogP contribution in [0.5, 0.6) is 5.75 Å². The number of nitro benzene ring substituents is 1. The van der Waals surface area contributed by atoms with E-state index < -0.39 is 11.1 Å². The predicted molar refractivity (Wildman–Crippen MR) is 127 cm³/mol. The minimum Gasteiger partial charge on any atom is -0.432 e. The van der Waals surface area contributed by atoms with Gasteiger partial charge in [-0.1, -0.05) is 28.0 Å². The Bertz CT molecular complexity index is 729. The highest BCUT2D eigenvalue weighted by molar-refractivity contribution is 8.77. The first-order chi connectivity index (χ1) is 16.0. The van der Waals surface area contributed by atoms with E-state index >= 15 is 0 Å². The Morgan fingerprint density at radius 2 is 1.79 bits per heavy atom. The van der Waals surface area contributed by atoms with Crippen LogP contribution in [0.3, 0.4) is 0 Å². The minimum absolute atomic E-state index is 0.000142. The molecule has 184 valence electrons. The Labute approximate surface area is 201 Å². The quantitative estimate of drug-likeness (QED) is 0.0886. The number of nitrogens with one attached hydrogen (secondary N) is 1. The molecule has 1 amide bonds. The second-order valence-corrected chi connectivity index (χ2v) is 9.89. The largest absolute Gasteiger partial charge is 0.513 e. The first-order valence-corrected chi connectivity index (χ1v) is 13.2. The molecule has 1 fully saturated rings. The van der Waals surface area contributed by atoms with Crippen LogP contribution >= 0.6 is 21.6 Å². The summed E-state index contributed by atoms with van der Waals surface area (Å²) in [5.74, 6) is 1.45. The van der Waals surface area contributed by atoms with Gasteiger partial charge in [-0.2, -0.15) is 0 Å². The van der Waals surface area contributed by atoms with Crippen molar-refractivity contribution < 1.29 is 33.5 Å². The zero-order valence-corrected chi connectivity index (χ0v) is 20.0. The van der Waals surface area contributed by atoms with Crippen molar-refractivity contribution in [2.75, 3.05) is 45.3 Å². The summed E-state index contributed by atoms with van der Waals surface area (Å²) in [6, 6.07) is 5.08. The van der Waals surface area contributed by atoms with Crippen molar-refractivity contribution in [3.8, 4) is 5.75 Å². The molecule has 1 aromatic rings. The molecular weight excluding hydrogens is 472 g/mol. The van der Waals surface area contributed by atoms with Crippen LogP contribution in [0.25, 0.3) is 0 Å². The lowest BCUT2D eigenvalue weighted by molar-refractivity contribution is -0.384. The fourth-order valence-corrected chi connectivity index (χ4v) is 5.87. The number of benzene rings is 1. The van der Waals surface area contributed by atoms with Crippen LogP contribution in [0, 0.1) is 10.1 Å². The molecule has 1 heterocycles. The number of rotatable bonds is 16. The lowest BCUT2D eigenvalue weighted by Gasteiger charge is -2.09. The van der Waals surface area contributed by atoms with Gasteiger partial charge in [0.2, 0.25) is 5.91 Å². The van der Waals surface area contributed by atoms with Gasteiger partial charge in [-0.25, -0.2) is 4.79 Å². The van der Waals surface area contributed by atoms with Gasteiger partial charge in [0.15, 0.2) is 0 Å². The molecule has 10 nitrogen and oxygen atoms in total. The summed E-state index contributed by atoms with van der Waals surface area (Å²) in [4.78, 5) is 33.4. The fraction of sp³-hybridized carbons (Fsp3) is 0.619. The Morgan fingerprint density at radius 1 is 1.06 bits per heavy atom. The lowest BCUT2D eigenvalue weighted by Crippen LogP contribution is -2.27. The van der Waals surface area contributed by atoms with Gasteiger partial charge in [-0.05, 0) is 31.4 Å². The standard InChI is InChI=1S/C21H30N2O8S2/c24-20(4-2-1-3-19-9-16-32-33-19)22-10-11-28-12-13-29-14-15-30-21(25)31-18-7-5-17(6-8-18)23(26)27/h5-8,19H,1-4,9-16H2,(H,22,24). The normalized spacial score (nSPS) is 15.2. The van der Waals surface area contributed by atoms with E-state index in [0.29, 0.717) is 32.8 Å². The molecular formula is C21H30N2O8S2. The van der Waals surface area contributed by atoms with Crippen LogP contribution < -0.4 is 10.1 Å². The highest BCUT2D eigenvalue weighted by Crippen LogP contribution is 2.39. The molecule has 1 atom stereocenters. The van der Waals surface area contributed by atoms with Gasteiger partial charge in [0.25, 0.3) is 5.69 Å². The van der Waals surface area contributed by atoms with Crippen LogP contribution in [0.2, 0.25) is 0 Å². The molecule has 1 aliphatic heterocycles. The molecule has 12 heteroatoms. The molecule has 0 aromatic heterocycles. The van der Waals surface area contributed by atoms with Crippen molar-refractivity contribution in [1.82, 2.24) is 5.32 Å². The van der Waals surface area contributed by atoms with Crippen molar-refractivity contribution in [2.45, 2.75) is 37.4 Å². The highest BCUT2D eigenvalue weighted by Gasteiger charge is 2.15. The Balaban J connectivity index is 1.34. The van der Waals surface area contributed by atoms with E-state index in [4.69, 9.17) is 18.9 Å². The van der Waals surface area contributed by atoms with E-state index in [2.05, 4.69) is 5.32 Å². The molecule has 1 aromatic carbocycles. The molecule has 0 spiro atoms. The molecule has 0 radical (unpaired) electrons. The van der Waals surface area contributed by atoms with E-state index in [-0.39, 0.29) is 30.6 Å². The number of non-ortho nitro benzene ring substituents is 1. The SMILES string of the molecule is O=C(CCCCC1CCSS1)NCCOCCOCCOC(=O)Oc1ccc([N+](=O)[O-])cc1. The summed E-state index contributed by atoms with van der Waals surface area (Å²) < 4.78 is 20.4. The maximum absolute atomic E-state index is 11.8. The summed E-state index contributed by atoms with van der Waals surface area (Å²) in [5, 5.41) is 14.2. The van der Waals surface area contributed by atoms with Crippen LogP contribution in [-0.2, 0) is 19.0 Å². The topological polar surface area (TPSA) is 126 Å². The number of unbranched alkanes of at least 4 members (excludes halogenated alkanes) is 1. The van der Waals surface area contributed by atoms with E-state index in [1.165, 1.54) is 42.9 Å². The van der Waals surface area contributed by atoms with Gasteiger partial charge in [-0.15, -0.1) is 0 Å². The summed E-state index contributed by atoms with van der Waals surface area (Å²) in [6.45, 7) is 1.73. The van der Waals surface area contributed by atoms with Gasteiger partial charge in [0.05, 0.1) is 31.4 Å².